The summed E-state index contributed by atoms with van der Waals surface area (Å²) in [4.78, 5) is 8.39. The van der Waals surface area contributed by atoms with Crippen LogP contribution >= 0.6 is 34.2 Å². The highest BCUT2D eigenvalue weighted by Crippen LogP contribution is 2.24. The van der Waals surface area contributed by atoms with Crippen molar-refractivity contribution in [3.63, 3.8) is 0 Å². The fraction of sp³-hybridized carbons (Fsp3) is 0.0909. The van der Waals surface area contributed by atoms with Crippen LogP contribution in [0.25, 0.3) is 11.4 Å². The summed E-state index contributed by atoms with van der Waals surface area (Å²) in [5.41, 5.74) is 7.07. The maximum atomic E-state index is 13.3. The zero-order chi connectivity index (χ0) is 12.6. The van der Waals surface area contributed by atoms with Gasteiger partial charge in [0, 0.05) is 5.56 Å². The van der Waals surface area contributed by atoms with E-state index < -0.39 is 5.82 Å². The highest BCUT2D eigenvalue weighted by molar-refractivity contribution is 14.1. The van der Waals surface area contributed by atoms with Gasteiger partial charge < -0.3 is 5.73 Å². The monoisotopic (exact) mass is 363 g/mol. The molecule has 88 valence electrons. The number of aromatic nitrogens is 2. The van der Waals surface area contributed by atoms with Gasteiger partial charge in [0.2, 0.25) is 0 Å². The van der Waals surface area contributed by atoms with Gasteiger partial charge in [-0.2, -0.15) is 0 Å². The predicted molar refractivity (Wildman–Crippen MR) is 74.3 cm³/mol. The molecule has 1 aromatic carbocycles. The number of aryl methyl sites for hydroxylation is 1. The minimum atomic E-state index is -0.498. The lowest BCUT2D eigenvalue weighted by atomic mass is 10.2. The van der Waals surface area contributed by atoms with Crippen molar-refractivity contribution in [1.29, 1.82) is 0 Å². The first kappa shape index (κ1) is 12.5. The minimum absolute atomic E-state index is 0.0731. The van der Waals surface area contributed by atoms with Crippen LogP contribution < -0.4 is 5.73 Å². The first-order valence-corrected chi connectivity index (χ1v) is 6.19. The Labute approximate surface area is 116 Å². The number of nitrogens with zero attached hydrogens (tertiary/aromatic N) is 2. The van der Waals surface area contributed by atoms with Crippen molar-refractivity contribution in [2.24, 2.45) is 0 Å². The number of nitrogens with two attached hydrogens (primary N) is 1. The number of rotatable bonds is 1. The number of benzene rings is 1. The lowest BCUT2D eigenvalue weighted by Gasteiger charge is -2.06. The Morgan fingerprint density at radius 3 is 2.65 bits per heavy atom. The van der Waals surface area contributed by atoms with E-state index in [0.717, 1.165) is 9.26 Å². The molecule has 0 saturated heterocycles. The van der Waals surface area contributed by atoms with E-state index in [0.29, 0.717) is 17.2 Å². The molecule has 0 fully saturated rings. The third kappa shape index (κ3) is 2.50. The smallest absolute Gasteiger partial charge is 0.161 e. The summed E-state index contributed by atoms with van der Waals surface area (Å²) in [6.07, 6.45) is 0. The van der Waals surface area contributed by atoms with Gasteiger partial charge in [-0.1, -0.05) is 11.6 Å². The summed E-state index contributed by atoms with van der Waals surface area (Å²) in [6, 6.07) is 4.43. The van der Waals surface area contributed by atoms with Crippen molar-refractivity contribution >= 4 is 40.0 Å². The SMILES string of the molecule is Cc1nc(-c2ccc(Cl)c(F)c2)nc(N)c1I. The van der Waals surface area contributed by atoms with Gasteiger partial charge in [0.05, 0.1) is 14.3 Å². The van der Waals surface area contributed by atoms with Gasteiger partial charge in [-0.05, 0) is 47.7 Å². The van der Waals surface area contributed by atoms with Crippen molar-refractivity contribution in [2.45, 2.75) is 6.92 Å². The largest absolute Gasteiger partial charge is 0.383 e. The molecular formula is C11H8ClFIN3. The topological polar surface area (TPSA) is 51.8 Å². The van der Waals surface area contributed by atoms with Crippen molar-refractivity contribution in [2.75, 3.05) is 5.73 Å². The second-order valence-electron chi connectivity index (χ2n) is 3.46. The van der Waals surface area contributed by atoms with Gasteiger partial charge in [-0.15, -0.1) is 0 Å². The van der Waals surface area contributed by atoms with Crippen LogP contribution in [0.5, 0.6) is 0 Å². The molecule has 0 aliphatic heterocycles. The van der Waals surface area contributed by atoms with Crippen LogP contribution in [0.15, 0.2) is 18.2 Å². The Bertz CT molecular complexity index is 566. The summed E-state index contributed by atoms with van der Waals surface area (Å²) in [5, 5.41) is 0.0731. The molecule has 0 aliphatic rings. The fourth-order valence-electron chi connectivity index (χ4n) is 1.35. The number of nitrogen functional groups attached to an aromatic ring is 1. The van der Waals surface area contributed by atoms with Crippen LogP contribution in [-0.4, -0.2) is 9.97 Å². The minimum Gasteiger partial charge on any atom is -0.383 e. The normalized spacial score (nSPS) is 10.6. The van der Waals surface area contributed by atoms with Crippen LogP contribution in [0.3, 0.4) is 0 Å². The van der Waals surface area contributed by atoms with E-state index in [1.165, 1.54) is 12.1 Å². The van der Waals surface area contributed by atoms with Crippen LogP contribution in [0.4, 0.5) is 10.2 Å². The zero-order valence-corrected chi connectivity index (χ0v) is 11.8. The predicted octanol–water partition coefficient (Wildman–Crippen LogP) is 3.43. The highest BCUT2D eigenvalue weighted by atomic mass is 127. The Morgan fingerprint density at radius 1 is 1.35 bits per heavy atom. The van der Waals surface area contributed by atoms with Crippen molar-refractivity contribution in [1.82, 2.24) is 9.97 Å². The molecular weight excluding hydrogens is 355 g/mol. The Hall–Kier alpha value is -0.950. The molecule has 0 aliphatic carbocycles. The van der Waals surface area contributed by atoms with Gasteiger partial charge in [-0.25, -0.2) is 14.4 Å². The average Bonchev–Trinajstić information content (AvgIpc) is 2.29. The van der Waals surface area contributed by atoms with Crippen molar-refractivity contribution in [3.05, 3.63) is 38.3 Å². The molecule has 1 aromatic heterocycles. The Kier molecular flexibility index (Phi) is 3.48. The van der Waals surface area contributed by atoms with Gasteiger partial charge in [0.25, 0.3) is 0 Å². The maximum absolute atomic E-state index is 13.3. The molecule has 0 bridgehead atoms. The molecule has 0 radical (unpaired) electrons. The molecule has 0 amide bonds. The van der Waals surface area contributed by atoms with Gasteiger partial charge >= 0.3 is 0 Å². The van der Waals surface area contributed by atoms with Crippen LogP contribution in [0.1, 0.15) is 5.69 Å². The van der Waals surface area contributed by atoms with E-state index in [4.69, 9.17) is 17.3 Å². The first-order chi connectivity index (χ1) is 7.99. The molecule has 1 heterocycles. The second kappa shape index (κ2) is 4.73. The third-order valence-corrected chi connectivity index (χ3v) is 3.86. The standard InChI is InChI=1S/C11H8ClFIN3/c1-5-9(14)10(15)17-11(16-5)6-2-3-7(12)8(13)4-6/h2-4H,1H3,(H2,15,16,17). The van der Waals surface area contributed by atoms with E-state index in [2.05, 4.69) is 32.6 Å². The average molecular weight is 364 g/mol. The molecule has 17 heavy (non-hydrogen) atoms. The zero-order valence-electron chi connectivity index (χ0n) is 8.84. The molecule has 0 saturated carbocycles. The summed E-state index contributed by atoms with van der Waals surface area (Å²) in [5.74, 6) is 0.294. The van der Waals surface area contributed by atoms with E-state index in [1.807, 2.05) is 6.92 Å². The third-order valence-electron chi connectivity index (χ3n) is 2.22. The number of hydrogen-bond acceptors (Lipinski definition) is 3. The van der Waals surface area contributed by atoms with E-state index in [9.17, 15) is 4.39 Å². The summed E-state index contributed by atoms with van der Waals surface area (Å²) >= 11 is 7.69. The quantitative estimate of drug-likeness (QED) is 0.790. The summed E-state index contributed by atoms with van der Waals surface area (Å²) in [6.45, 7) is 1.83. The van der Waals surface area contributed by atoms with Gasteiger partial charge in [-0.3, -0.25) is 0 Å². The number of halogens is 3. The highest BCUT2D eigenvalue weighted by Gasteiger charge is 2.10. The summed E-state index contributed by atoms with van der Waals surface area (Å²) < 4.78 is 14.1. The summed E-state index contributed by atoms with van der Waals surface area (Å²) in [7, 11) is 0. The van der Waals surface area contributed by atoms with Gasteiger partial charge in [0.15, 0.2) is 5.82 Å². The lowest BCUT2D eigenvalue weighted by Crippen LogP contribution is -2.02. The first-order valence-electron chi connectivity index (χ1n) is 4.74. The Morgan fingerprint density at radius 2 is 2.06 bits per heavy atom. The molecule has 0 atom stereocenters. The molecule has 0 spiro atoms. The molecule has 2 aromatic rings. The molecule has 6 heteroatoms. The molecule has 3 nitrogen and oxygen atoms in total. The Balaban J connectivity index is 2.57. The molecule has 0 unspecified atom stereocenters. The van der Waals surface area contributed by atoms with Crippen molar-refractivity contribution < 1.29 is 4.39 Å². The maximum Gasteiger partial charge on any atom is 0.161 e. The van der Waals surface area contributed by atoms with Crippen LogP contribution in [0.2, 0.25) is 5.02 Å². The van der Waals surface area contributed by atoms with Gasteiger partial charge in [0.1, 0.15) is 11.6 Å². The molecule has 2 rings (SSSR count). The molecule has 2 N–H and O–H groups in total. The van der Waals surface area contributed by atoms with E-state index in [-0.39, 0.29) is 5.02 Å². The number of hydrogen-bond donors (Lipinski definition) is 1. The second-order valence-corrected chi connectivity index (χ2v) is 4.95. The number of anilines is 1. The van der Waals surface area contributed by atoms with E-state index >= 15 is 0 Å². The van der Waals surface area contributed by atoms with Crippen LogP contribution in [-0.2, 0) is 0 Å². The van der Waals surface area contributed by atoms with E-state index in [1.54, 1.807) is 6.07 Å². The fourth-order valence-corrected chi connectivity index (χ4v) is 1.70. The van der Waals surface area contributed by atoms with Crippen molar-refractivity contribution in [3.8, 4) is 11.4 Å². The lowest BCUT2D eigenvalue weighted by molar-refractivity contribution is 0.628. The van der Waals surface area contributed by atoms with Crippen LogP contribution in [0, 0.1) is 16.3 Å².